The molecule has 0 unspecified atom stereocenters. The molecule has 3 aromatic rings. The Labute approximate surface area is 197 Å². The zero-order valence-electron chi connectivity index (χ0n) is 19.2. The van der Waals surface area contributed by atoms with E-state index in [0.717, 1.165) is 10.6 Å². The molecule has 0 spiro atoms. The molecule has 3 aromatic carbocycles. The molecule has 1 amide bonds. The molecular formula is C24H25FN2O6S. The van der Waals surface area contributed by atoms with Gasteiger partial charge < -0.3 is 19.5 Å². The third-order valence-electron chi connectivity index (χ3n) is 5.03. The first-order chi connectivity index (χ1) is 16.2. The van der Waals surface area contributed by atoms with E-state index in [1.165, 1.54) is 45.6 Å². The molecule has 0 saturated carbocycles. The Balaban J connectivity index is 1.95. The molecule has 34 heavy (non-hydrogen) atoms. The van der Waals surface area contributed by atoms with Crippen LogP contribution < -0.4 is 23.8 Å². The second-order valence-electron chi connectivity index (χ2n) is 7.29. The smallest absolute Gasteiger partial charge is 0.255 e. The molecule has 0 aliphatic heterocycles. The normalized spacial score (nSPS) is 11.0. The van der Waals surface area contributed by atoms with Gasteiger partial charge in [0.25, 0.3) is 5.91 Å². The number of amides is 1. The number of hydrogen-bond donors (Lipinski definition) is 1. The highest BCUT2D eigenvalue weighted by atomic mass is 32.2. The highest BCUT2D eigenvalue weighted by Crippen LogP contribution is 2.30. The summed E-state index contributed by atoms with van der Waals surface area (Å²) in [4.78, 5) is 13.0. The van der Waals surface area contributed by atoms with Gasteiger partial charge in [-0.3, -0.25) is 9.10 Å². The number of benzene rings is 3. The molecule has 1 N–H and O–H groups in total. The minimum Gasteiger partial charge on any atom is -0.497 e. The van der Waals surface area contributed by atoms with Crippen molar-refractivity contribution >= 4 is 27.3 Å². The van der Waals surface area contributed by atoms with Gasteiger partial charge >= 0.3 is 0 Å². The van der Waals surface area contributed by atoms with Crippen molar-refractivity contribution in [1.29, 1.82) is 0 Å². The number of carbonyl (C=O) groups is 1. The summed E-state index contributed by atoms with van der Waals surface area (Å²) in [6, 6.07) is 14.8. The zero-order valence-corrected chi connectivity index (χ0v) is 20.0. The fraction of sp³-hybridized carbons (Fsp3) is 0.208. The molecule has 3 rings (SSSR count). The van der Waals surface area contributed by atoms with Crippen LogP contribution in [-0.2, 0) is 16.6 Å². The number of nitrogens with zero attached hydrogens (tertiary/aromatic N) is 1. The van der Waals surface area contributed by atoms with Crippen LogP contribution in [0.5, 0.6) is 17.2 Å². The van der Waals surface area contributed by atoms with Crippen LogP contribution in [-0.4, -0.2) is 41.9 Å². The molecular weight excluding hydrogens is 463 g/mol. The monoisotopic (exact) mass is 488 g/mol. The first-order valence-electron chi connectivity index (χ1n) is 10.1. The number of carbonyl (C=O) groups excluding carboxylic acids is 1. The van der Waals surface area contributed by atoms with Gasteiger partial charge in [0.15, 0.2) is 0 Å². The molecule has 0 heterocycles. The van der Waals surface area contributed by atoms with Gasteiger partial charge in [0.1, 0.15) is 23.1 Å². The van der Waals surface area contributed by atoms with E-state index in [2.05, 4.69) is 5.32 Å². The fourth-order valence-electron chi connectivity index (χ4n) is 3.31. The maximum atomic E-state index is 13.4. The minimum absolute atomic E-state index is 0.128. The van der Waals surface area contributed by atoms with Crippen molar-refractivity contribution in [2.24, 2.45) is 0 Å². The predicted octanol–water partition coefficient (Wildman–Crippen LogP) is 4.07. The lowest BCUT2D eigenvalue weighted by Gasteiger charge is -2.24. The average Bonchev–Trinajstić information content (AvgIpc) is 2.82. The quantitative estimate of drug-likeness (QED) is 0.488. The van der Waals surface area contributed by atoms with Crippen LogP contribution >= 0.6 is 0 Å². The van der Waals surface area contributed by atoms with E-state index in [4.69, 9.17) is 14.2 Å². The molecule has 180 valence electrons. The molecule has 0 radical (unpaired) electrons. The Morgan fingerprint density at radius 1 is 0.912 bits per heavy atom. The standard InChI is InChI=1S/C24H25FN2O6S/c1-31-20-10-12-23(33-3)21(14-20)26-24(28)16-5-11-22(32-2)17(13-16)15-27(34(4,29)30)19-8-6-18(25)7-9-19/h5-14H,15H2,1-4H3,(H,26,28). The summed E-state index contributed by atoms with van der Waals surface area (Å²) < 4.78 is 55.4. The Kier molecular flexibility index (Phi) is 7.62. The maximum absolute atomic E-state index is 13.4. The molecule has 0 fully saturated rings. The first-order valence-corrected chi connectivity index (χ1v) is 11.9. The highest BCUT2D eigenvalue weighted by Gasteiger charge is 2.21. The van der Waals surface area contributed by atoms with Crippen molar-refractivity contribution in [2.75, 3.05) is 37.2 Å². The van der Waals surface area contributed by atoms with E-state index in [0.29, 0.717) is 28.5 Å². The second kappa shape index (κ2) is 10.4. The van der Waals surface area contributed by atoms with Gasteiger partial charge in [-0.2, -0.15) is 0 Å². The van der Waals surface area contributed by atoms with E-state index in [9.17, 15) is 17.6 Å². The third-order valence-corrected chi connectivity index (χ3v) is 6.17. The molecule has 0 aromatic heterocycles. The Hall–Kier alpha value is -3.79. The summed E-state index contributed by atoms with van der Waals surface area (Å²) in [6.45, 7) is -0.128. The van der Waals surface area contributed by atoms with Crippen molar-refractivity contribution in [3.63, 3.8) is 0 Å². The Morgan fingerprint density at radius 3 is 2.15 bits per heavy atom. The van der Waals surface area contributed by atoms with Gasteiger partial charge in [-0.25, -0.2) is 12.8 Å². The van der Waals surface area contributed by atoms with Crippen LogP contribution in [0, 0.1) is 5.82 Å². The van der Waals surface area contributed by atoms with Crippen molar-refractivity contribution < 1.29 is 31.8 Å². The number of methoxy groups -OCH3 is 3. The number of anilines is 2. The largest absolute Gasteiger partial charge is 0.497 e. The van der Waals surface area contributed by atoms with Crippen molar-refractivity contribution in [1.82, 2.24) is 0 Å². The minimum atomic E-state index is -3.73. The van der Waals surface area contributed by atoms with E-state index in [-0.39, 0.29) is 17.8 Å². The van der Waals surface area contributed by atoms with Crippen molar-refractivity contribution in [3.05, 3.63) is 77.6 Å². The summed E-state index contributed by atoms with van der Waals surface area (Å²) in [7, 11) is 0.715. The summed E-state index contributed by atoms with van der Waals surface area (Å²) in [5.41, 5.74) is 1.41. The highest BCUT2D eigenvalue weighted by molar-refractivity contribution is 7.92. The summed E-state index contributed by atoms with van der Waals surface area (Å²) in [5, 5.41) is 2.78. The molecule has 8 nitrogen and oxygen atoms in total. The third kappa shape index (κ3) is 5.76. The fourth-order valence-corrected chi connectivity index (χ4v) is 4.19. The van der Waals surface area contributed by atoms with Crippen molar-refractivity contribution in [2.45, 2.75) is 6.54 Å². The van der Waals surface area contributed by atoms with E-state index >= 15 is 0 Å². The molecule has 0 atom stereocenters. The van der Waals surface area contributed by atoms with Gasteiger partial charge in [0, 0.05) is 17.2 Å². The van der Waals surface area contributed by atoms with Crippen LogP contribution in [0.25, 0.3) is 0 Å². The van der Waals surface area contributed by atoms with Crippen molar-refractivity contribution in [3.8, 4) is 17.2 Å². The van der Waals surface area contributed by atoms with Crippen LogP contribution in [0.2, 0.25) is 0 Å². The van der Waals surface area contributed by atoms with Crippen LogP contribution in [0.3, 0.4) is 0 Å². The lowest BCUT2D eigenvalue weighted by atomic mass is 10.1. The van der Waals surface area contributed by atoms with E-state index in [1.54, 1.807) is 36.4 Å². The SMILES string of the molecule is COc1ccc(OC)c(NC(=O)c2ccc(OC)c(CN(c3ccc(F)cc3)S(C)(=O)=O)c2)c1. The van der Waals surface area contributed by atoms with E-state index < -0.39 is 21.7 Å². The van der Waals surface area contributed by atoms with E-state index in [1.807, 2.05) is 0 Å². The summed E-state index contributed by atoms with van der Waals surface area (Å²) in [6.07, 6.45) is 1.05. The molecule has 10 heteroatoms. The lowest BCUT2D eigenvalue weighted by molar-refractivity contribution is 0.102. The van der Waals surface area contributed by atoms with Crippen LogP contribution in [0.4, 0.5) is 15.8 Å². The molecule has 0 bridgehead atoms. The number of rotatable bonds is 9. The Morgan fingerprint density at radius 2 is 1.56 bits per heavy atom. The summed E-state index contributed by atoms with van der Waals surface area (Å²) >= 11 is 0. The number of ether oxygens (including phenoxy) is 3. The van der Waals surface area contributed by atoms with Gasteiger partial charge in [0.2, 0.25) is 10.0 Å². The van der Waals surface area contributed by atoms with Gasteiger partial charge in [-0.1, -0.05) is 0 Å². The van der Waals surface area contributed by atoms with Gasteiger partial charge in [-0.15, -0.1) is 0 Å². The van der Waals surface area contributed by atoms with Gasteiger partial charge in [-0.05, 0) is 54.6 Å². The molecule has 0 aliphatic rings. The van der Waals surface area contributed by atoms with Crippen LogP contribution in [0.1, 0.15) is 15.9 Å². The number of nitrogens with one attached hydrogen (secondary N) is 1. The predicted molar refractivity (Wildman–Crippen MR) is 128 cm³/mol. The zero-order chi connectivity index (χ0) is 24.9. The molecule has 0 saturated heterocycles. The first kappa shape index (κ1) is 24.8. The lowest BCUT2D eigenvalue weighted by Crippen LogP contribution is -2.29. The number of halogens is 1. The topological polar surface area (TPSA) is 94.2 Å². The number of sulfonamides is 1. The second-order valence-corrected chi connectivity index (χ2v) is 9.20. The maximum Gasteiger partial charge on any atom is 0.255 e. The van der Waals surface area contributed by atoms with Gasteiger partial charge in [0.05, 0.1) is 45.5 Å². The average molecular weight is 489 g/mol. The Bertz CT molecular complexity index is 1280. The number of hydrogen-bond acceptors (Lipinski definition) is 6. The summed E-state index contributed by atoms with van der Waals surface area (Å²) in [5.74, 6) is 0.452. The van der Waals surface area contributed by atoms with Crippen LogP contribution in [0.15, 0.2) is 60.7 Å². The molecule has 0 aliphatic carbocycles.